The van der Waals surface area contributed by atoms with Gasteiger partial charge in [0.25, 0.3) is 0 Å². The van der Waals surface area contributed by atoms with Crippen LogP contribution in [0.1, 0.15) is 12.0 Å². The fourth-order valence-corrected chi connectivity index (χ4v) is 1.47. The van der Waals surface area contributed by atoms with Crippen LogP contribution in [-0.2, 0) is 11.2 Å². The van der Waals surface area contributed by atoms with E-state index < -0.39 is 0 Å². The summed E-state index contributed by atoms with van der Waals surface area (Å²) < 4.78 is 12.6. The Kier molecular flexibility index (Phi) is 2.97. The maximum Gasteiger partial charge on any atom is 0.237 e. The number of halogens is 1. The van der Waals surface area contributed by atoms with Crippen LogP contribution >= 0.6 is 0 Å². The molecular weight excluding hydrogens is 195 g/mol. The predicted octanol–water partition coefficient (Wildman–Crippen LogP) is 1.11. The van der Waals surface area contributed by atoms with E-state index in [1.54, 1.807) is 17.1 Å². The molecular formula is C11H13FN2O. The molecule has 0 aromatic heterocycles. The van der Waals surface area contributed by atoms with Gasteiger partial charge in [0, 0.05) is 13.0 Å². The number of aryl methyl sites for hydroxylation is 1. The molecule has 0 saturated carbocycles. The van der Waals surface area contributed by atoms with Crippen molar-refractivity contribution in [2.75, 3.05) is 13.1 Å². The number of carbonyl (C=O) groups is 1. The van der Waals surface area contributed by atoms with E-state index in [-0.39, 0.29) is 11.7 Å². The molecule has 0 atom stereocenters. The van der Waals surface area contributed by atoms with Crippen molar-refractivity contribution in [1.82, 2.24) is 10.4 Å². The molecule has 0 unspecified atom stereocenters. The molecule has 0 aliphatic carbocycles. The lowest BCUT2D eigenvalue weighted by Crippen LogP contribution is -2.56. The zero-order valence-electron chi connectivity index (χ0n) is 8.37. The van der Waals surface area contributed by atoms with Crippen LogP contribution in [0.15, 0.2) is 24.3 Å². The highest BCUT2D eigenvalue weighted by atomic mass is 19.1. The summed E-state index contributed by atoms with van der Waals surface area (Å²) in [4.78, 5) is 11.5. The lowest BCUT2D eigenvalue weighted by atomic mass is 10.1. The third-order valence-corrected chi connectivity index (χ3v) is 2.48. The Hall–Kier alpha value is -1.42. The summed E-state index contributed by atoms with van der Waals surface area (Å²) in [5.74, 6) is -0.139. The number of hydrogen-bond acceptors (Lipinski definition) is 2. The first-order valence-electron chi connectivity index (χ1n) is 5.04. The summed E-state index contributed by atoms with van der Waals surface area (Å²) >= 11 is 0. The van der Waals surface area contributed by atoms with Gasteiger partial charge in [-0.15, -0.1) is 0 Å². The molecule has 15 heavy (non-hydrogen) atoms. The summed E-state index contributed by atoms with van der Waals surface area (Å²) in [6.45, 7) is 1.67. The minimum absolute atomic E-state index is 0.102. The molecule has 80 valence electrons. The van der Waals surface area contributed by atoms with Gasteiger partial charge >= 0.3 is 0 Å². The number of hydrogen-bond donors (Lipinski definition) is 1. The molecule has 1 heterocycles. The second-order valence-corrected chi connectivity index (χ2v) is 3.58. The SMILES string of the molecule is O=C(CCc1ccc(F)cc1)N1CCN1. The topological polar surface area (TPSA) is 32.3 Å². The summed E-state index contributed by atoms with van der Waals surface area (Å²) in [7, 11) is 0. The number of carbonyl (C=O) groups excluding carboxylic acids is 1. The number of rotatable bonds is 3. The summed E-state index contributed by atoms with van der Waals surface area (Å²) in [6.07, 6.45) is 1.13. The van der Waals surface area contributed by atoms with Crippen molar-refractivity contribution in [2.24, 2.45) is 0 Å². The van der Waals surface area contributed by atoms with Crippen molar-refractivity contribution in [3.05, 3.63) is 35.6 Å². The highest BCUT2D eigenvalue weighted by Gasteiger charge is 2.18. The van der Waals surface area contributed by atoms with Gasteiger partial charge in [0.05, 0.1) is 6.54 Å². The number of nitrogens with zero attached hydrogens (tertiary/aromatic N) is 1. The van der Waals surface area contributed by atoms with Gasteiger partial charge < -0.3 is 0 Å². The zero-order chi connectivity index (χ0) is 10.7. The van der Waals surface area contributed by atoms with Crippen LogP contribution in [-0.4, -0.2) is 24.0 Å². The predicted molar refractivity (Wildman–Crippen MR) is 54.4 cm³/mol. The summed E-state index contributed by atoms with van der Waals surface area (Å²) in [6, 6.07) is 6.27. The van der Waals surface area contributed by atoms with Crippen molar-refractivity contribution in [3.8, 4) is 0 Å². The van der Waals surface area contributed by atoms with Gasteiger partial charge in [-0.05, 0) is 24.1 Å². The fraction of sp³-hybridized carbons (Fsp3) is 0.364. The van der Waals surface area contributed by atoms with Crippen molar-refractivity contribution < 1.29 is 9.18 Å². The standard InChI is InChI=1S/C11H13FN2O/c12-10-4-1-9(2-5-10)3-6-11(15)14-8-7-13-14/h1-2,4-5,13H,3,6-8H2. The average Bonchev–Trinajstić information content (AvgIpc) is 2.14. The molecule has 3 nitrogen and oxygen atoms in total. The smallest absolute Gasteiger partial charge is 0.237 e. The maximum absolute atomic E-state index is 12.6. The van der Waals surface area contributed by atoms with E-state index >= 15 is 0 Å². The van der Waals surface area contributed by atoms with Crippen LogP contribution in [0.4, 0.5) is 4.39 Å². The number of hydrazine groups is 1. The molecule has 0 bridgehead atoms. The van der Waals surface area contributed by atoms with E-state index in [0.29, 0.717) is 12.8 Å². The van der Waals surface area contributed by atoms with Gasteiger partial charge in [-0.25, -0.2) is 9.82 Å². The molecule has 1 fully saturated rings. The van der Waals surface area contributed by atoms with Crippen molar-refractivity contribution >= 4 is 5.91 Å². The third-order valence-electron chi connectivity index (χ3n) is 2.48. The van der Waals surface area contributed by atoms with E-state index in [4.69, 9.17) is 0 Å². The molecule has 1 aromatic carbocycles. The normalized spacial score (nSPS) is 14.9. The lowest BCUT2D eigenvalue weighted by Gasteiger charge is -2.31. The largest absolute Gasteiger partial charge is 0.277 e. The average molecular weight is 208 g/mol. The Bertz CT molecular complexity index is 346. The van der Waals surface area contributed by atoms with E-state index in [0.717, 1.165) is 18.7 Å². The molecule has 1 amide bonds. The van der Waals surface area contributed by atoms with E-state index in [9.17, 15) is 9.18 Å². The summed E-state index contributed by atoms with van der Waals surface area (Å²) in [5.41, 5.74) is 3.91. The van der Waals surface area contributed by atoms with Crippen LogP contribution in [0.3, 0.4) is 0 Å². The molecule has 1 N–H and O–H groups in total. The molecule has 1 aliphatic heterocycles. The van der Waals surface area contributed by atoms with E-state index in [1.165, 1.54) is 12.1 Å². The monoisotopic (exact) mass is 208 g/mol. The second-order valence-electron chi connectivity index (χ2n) is 3.58. The van der Waals surface area contributed by atoms with Crippen LogP contribution in [0.25, 0.3) is 0 Å². The maximum atomic E-state index is 12.6. The van der Waals surface area contributed by atoms with Crippen molar-refractivity contribution in [1.29, 1.82) is 0 Å². The number of benzene rings is 1. The van der Waals surface area contributed by atoms with Gasteiger partial charge in [-0.2, -0.15) is 0 Å². The Morgan fingerprint density at radius 3 is 2.60 bits per heavy atom. The highest BCUT2D eigenvalue weighted by molar-refractivity contribution is 5.76. The first-order valence-corrected chi connectivity index (χ1v) is 5.04. The summed E-state index contributed by atoms with van der Waals surface area (Å²) in [5, 5.41) is 1.61. The second kappa shape index (κ2) is 4.40. The Morgan fingerprint density at radius 1 is 1.40 bits per heavy atom. The van der Waals surface area contributed by atoms with Crippen molar-refractivity contribution in [3.63, 3.8) is 0 Å². The first kappa shape index (κ1) is 10.1. The number of nitrogens with one attached hydrogen (secondary N) is 1. The quantitative estimate of drug-likeness (QED) is 0.807. The van der Waals surface area contributed by atoms with Gasteiger partial charge in [0.15, 0.2) is 0 Å². The van der Waals surface area contributed by atoms with Gasteiger partial charge in [0.2, 0.25) is 5.91 Å². The van der Waals surface area contributed by atoms with Gasteiger partial charge in [-0.1, -0.05) is 12.1 Å². The third kappa shape index (κ3) is 2.53. The van der Waals surface area contributed by atoms with Crippen LogP contribution in [0.5, 0.6) is 0 Å². The molecule has 1 aliphatic rings. The van der Waals surface area contributed by atoms with Crippen LogP contribution in [0, 0.1) is 5.82 Å². The van der Waals surface area contributed by atoms with Crippen LogP contribution < -0.4 is 5.43 Å². The van der Waals surface area contributed by atoms with Crippen LogP contribution in [0.2, 0.25) is 0 Å². The number of amides is 1. The van der Waals surface area contributed by atoms with E-state index in [2.05, 4.69) is 5.43 Å². The van der Waals surface area contributed by atoms with Gasteiger partial charge in [0.1, 0.15) is 5.82 Å². The molecule has 0 spiro atoms. The molecule has 2 rings (SSSR count). The van der Waals surface area contributed by atoms with Crippen molar-refractivity contribution in [2.45, 2.75) is 12.8 Å². The van der Waals surface area contributed by atoms with Gasteiger partial charge in [-0.3, -0.25) is 9.80 Å². The Morgan fingerprint density at radius 2 is 2.07 bits per heavy atom. The molecule has 0 radical (unpaired) electrons. The minimum Gasteiger partial charge on any atom is -0.277 e. The Labute approximate surface area is 87.9 Å². The molecule has 4 heteroatoms. The first-order chi connectivity index (χ1) is 7.25. The highest BCUT2D eigenvalue weighted by Crippen LogP contribution is 2.07. The Balaban J connectivity index is 1.82. The lowest BCUT2D eigenvalue weighted by molar-refractivity contribution is -0.139. The zero-order valence-corrected chi connectivity index (χ0v) is 8.37. The minimum atomic E-state index is -0.241. The molecule has 1 saturated heterocycles. The molecule has 1 aromatic rings. The van der Waals surface area contributed by atoms with E-state index in [1.807, 2.05) is 0 Å². The fourth-order valence-electron chi connectivity index (χ4n) is 1.47.